The Hall–Kier alpha value is -3.38. The van der Waals surface area contributed by atoms with Crippen molar-refractivity contribution in [2.24, 2.45) is 0 Å². The van der Waals surface area contributed by atoms with Gasteiger partial charge in [-0.1, -0.05) is 30.3 Å². The van der Waals surface area contributed by atoms with Gasteiger partial charge in [-0.15, -0.1) is 5.53 Å². The van der Waals surface area contributed by atoms with Gasteiger partial charge in [0.25, 0.3) is 5.91 Å². The number of benzene rings is 2. The van der Waals surface area contributed by atoms with Crippen LogP contribution in [0.5, 0.6) is 0 Å². The number of anilines is 3. The third kappa shape index (κ3) is 2.01. The van der Waals surface area contributed by atoms with E-state index < -0.39 is 0 Å². The van der Waals surface area contributed by atoms with Crippen molar-refractivity contribution >= 4 is 33.9 Å². The minimum Gasteiger partial charge on any atom is -0.355 e. The highest BCUT2D eigenvalue weighted by atomic mass is 16.2. The molecule has 1 fully saturated rings. The molecule has 2 aliphatic rings. The van der Waals surface area contributed by atoms with Crippen molar-refractivity contribution in [1.82, 2.24) is 10.5 Å². The molecule has 2 aromatic carbocycles. The van der Waals surface area contributed by atoms with Crippen LogP contribution in [0.15, 0.2) is 72.2 Å². The highest BCUT2D eigenvalue weighted by molar-refractivity contribution is 6.12. The molecule has 0 aliphatic carbocycles. The minimum atomic E-state index is -0.114. The monoisotopic (exact) mass is 329 g/mol. The Bertz CT molecular complexity index is 1060. The van der Waals surface area contributed by atoms with Gasteiger partial charge in [0.15, 0.2) is 0 Å². The smallest absolute Gasteiger partial charge is 0.294 e. The van der Waals surface area contributed by atoms with Crippen LogP contribution >= 0.6 is 0 Å². The highest BCUT2D eigenvalue weighted by Crippen LogP contribution is 2.37. The Morgan fingerprint density at radius 3 is 2.72 bits per heavy atom. The predicted octanol–water partition coefficient (Wildman–Crippen LogP) is 3.16. The molecule has 1 aromatic heterocycles. The second-order valence-corrected chi connectivity index (χ2v) is 6.08. The van der Waals surface area contributed by atoms with Crippen LogP contribution in [0, 0.1) is 0 Å². The van der Waals surface area contributed by atoms with Crippen molar-refractivity contribution in [2.45, 2.75) is 6.92 Å². The summed E-state index contributed by atoms with van der Waals surface area (Å²) in [5, 5.41) is 7.64. The van der Waals surface area contributed by atoms with E-state index in [-0.39, 0.29) is 5.91 Å². The number of rotatable bonds is 1. The Morgan fingerprint density at radius 1 is 1.00 bits per heavy atom. The van der Waals surface area contributed by atoms with Gasteiger partial charge in [0, 0.05) is 11.1 Å². The first-order valence-corrected chi connectivity index (χ1v) is 8.05. The molecule has 0 bridgehead atoms. The number of nitrogens with zero attached hydrogens (tertiary/aromatic N) is 3. The zero-order valence-electron chi connectivity index (χ0n) is 13.5. The molecule has 3 aromatic rings. The van der Waals surface area contributed by atoms with E-state index in [4.69, 9.17) is 0 Å². The normalized spacial score (nSPS) is 16.1. The van der Waals surface area contributed by atoms with Crippen molar-refractivity contribution in [3.63, 3.8) is 0 Å². The van der Waals surface area contributed by atoms with Crippen LogP contribution in [0.3, 0.4) is 0 Å². The molecule has 6 heteroatoms. The molecule has 1 amide bonds. The summed E-state index contributed by atoms with van der Waals surface area (Å²) < 4.78 is 0. The van der Waals surface area contributed by atoms with E-state index in [9.17, 15) is 4.79 Å². The van der Waals surface area contributed by atoms with Crippen LogP contribution in [0.2, 0.25) is 0 Å². The van der Waals surface area contributed by atoms with Crippen LogP contribution in [-0.4, -0.2) is 10.9 Å². The van der Waals surface area contributed by atoms with E-state index >= 15 is 0 Å². The molecule has 0 radical (unpaired) electrons. The first-order chi connectivity index (χ1) is 12.2. The van der Waals surface area contributed by atoms with E-state index in [2.05, 4.69) is 15.8 Å². The van der Waals surface area contributed by atoms with Crippen molar-refractivity contribution in [1.29, 1.82) is 0 Å². The third-order valence-electron chi connectivity index (χ3n) is 4.49. The number of fused-ring (bicyclic) bond motifs is 4. The van der Waals surface area contributed by atoms with Gasteiger partial charge >= 0.3 is 0 Å². The number of hydrazine groups is 2. The molecule has 0 atom stereocenters. The standard InChI is InChI=1S/C19H15N5O/c1-12-18-19(25)23(14-10-13-6-2-3-7-15(13)20-11-14)22-24(18)17-9-5-4-8-16(17)21-12/h2-11,21-22H,1H3. The van der Waals surface area contributed by atoms with E-state index in [1.54, 1.807) is 6.20 Å². The summed E-state index contributed by atoms with van der Waals surface area (Å²) in [6.07, 6.45) is 1.71. The number of nitrogens with one attached hydrogen (secondary N) is 2. The molecule has 0 saturated carbocycles. The van der Waals surface area contributed by atoms with Gasteiger partial charge in [-0.2, -0.15) is 0 Å². The molecule has 0 unspecified atom stereocenters. The fourth-order valence-corrected chi connectivity index (χ4v) is 3.29. The SMILES string of the molecule is CC1=C2C(=O)N(c3cnc4ccccc4c3)NN2c2ccccc2N1. The average Bonchev–Trinajstić information content (AvgIpc) is 3.00. The lowest BCUT2D eigenvalue weighted by Gasteiger charge is -2.28. The number of aromatic nitrogens is 1. The quantitative estimate of drug-likeness (QED) is 0.718. The summed E-state index contributed by atoms with van der Waals surface area (Å²) in [6, 6.07) is 17.7. The summed E-state index contributed by atoms with van der Waals surface area (Å²) in [5.41, 5.74) is 8.07. The predicted molar refractivity (Wildman–Crippen MR) is 97.6 cm³/mol. The molecule has 122 valence electrons. The first kappa shape index (κ1) is 14.0. The lowest BCUT2D eigenvalue weighted by molar-refractivity contribution is -0.114. The second kappa shape index (κ2) is 5.06. The number of amides is 1. The number of hydrogen-bond donors (Lipinski definition) is 2. The van der Waals surface area contributed by atoms with Crippen LogP contribution in [0.1, 0.15) is 6.92 Å². The van der Waals surface area contributed by atoms with Gasteiger partial charge in [0.05, 0.1) is 28.8 Å². The topological polar surface area (TPSA) is 60.5 Å². The van der Waals surface area contributed by atoms with Gasteiger partial charge in [0.1, 0.15) is 5.70 Å². The van der Waals surface area contributed by atoms with Crippen LogP contribution in [0.4, 0.5) is 17.1 Å². The van der Waals surface area contributed by atoms with Crippen LogP contribution < -0.4 is 20.9 Å². The third-order valence-corrected chi connectivity index (χ3v) is 4.49. The molecule has 6 nitrogen and oxygen atoms in total. The van der Waals surface area contributed by atoms with Gasteiger partial charge in [-0.3, -0.25) is 9.78 Å². The Morgan fingerprint density at radius 2 is 1.80 bits per heavy atom. The van der Waals surface area contributed by atoms with Gasteiger partial charge < -0.3 is 5.32 Å². The maximum absolute atomic E-state index is 13.0. The van der Waals surface area contributed by atoms with Gasteiger partial charge in [-0.25, -0.2) is 10.0 Å². The van der Waals surface area contributed by atoms with E-state index in [1.807, 2.05) is 66.5 Å². The minimum absolute atomic E-state index is 0.114. The molecule has 5 rings (SSSR count). The number of carbonyl (C=O) groups is 1. The number of pyridine rings is 1. The van der Waals surface area contributed by atoms with Gasteiger partial charge in [0.2, 0.25) is 0 Å². The number of carbonyl (C=O) groups excluding carboxylic acids is 1. The molecule has 1 saturated heterocycles. The maximum Gasteiger partial charge on any atom is 0.294 e. The summed E-state index contributed by atoms with van der Waals surface area (Å²) >= 11 is 0. The van der Waals surface area contributed by atoms with Crippen molar-refractivity contribution < 1.29 is 4.79 Å². The Balaban J connectivity index is 1.60. The zero-order valence-corrected chi connectivity index (χ0v) is 13.5. The van der Waals surface area contributed by atoms with Crippen molar-refractivity contribution in [3.8, 4) is 0 Å². The number of hydrogen-bond acceptors (Lipinski definition) is 5. The van der Waals surface area contributed by atoms with Crippen molar-refractivity contribution in [2.75, 3.05) is 15.3 Å². The molecule has 25 heavy (non-hydrogen) atoms. The number of allylic oxidation sites excluding steroid dienone is 1. The Labute approximate surface area is 144 Å². The zero-order chi connectivity index (χ0) is 17.0. The molecular weight excluding hydrogens is 314 g/mol. The molecule has 0 spiro atoms. The van der Waals surface area contributed by atoms with E-state index in [1.165, 1.54) is 5.01 Å². The summed E-state index contributed by atoms with van der Waals surface area (Å²) in [6.45, 7) is 1.90. The van der Waals surface area contributed by atoms with Gasteiger partial charge in [-0.05, 0) is 31.2 Å². The highest BCUT2D eigenvalue weighted by Gasteiger charge is 2.39. The van der Waals surface area contributed by atoms with Crippen molar-refractivity contribution in [3.05, 3.63) is 72.2 Å². The number of para-hydroxylation sites is 3. The molecule has 2 N–H and O–H groups in total. The molecule has 2 aliphatic heterocycles. The summed E-state index contributed by atoms with van der Waals surface area (Å²) in [4.78, 5) is 17.4. The van der Waals surface area contributed by atoms with Crippen LogP contribution in [-0.2, 0) is 4.79 Å². The largest absolute Gasteiger partial charge is 0.355 e. The molecular formula is C19H15N5O. The first-order valence-electron chi connectivity index (χ1n) is 8.05. The van der Waals surface area contributed by atoms with E-state index in [0.29, 0.717) is 11.4 Å². The lowest BCUT2D eigenvalue weighted by atomic mass is 10.1. The maximum atomic E-state index is 13.0. The summed E-state index contributed by atoms with van der Waals surface area (Å²) in [7, 11) is 0. The van der Waals surface area contributed by atoms with Crippen LogP contribution in [0.25, 0.3) is 10.9 Å². The lowest BCUT2D eigenvalue weighted by Crippen LogP contribution is -2.41. The Kier molecular flexibility index (Phi) is 2.83. The summed E-state index contributed by atoms with van der Waals surface area (Å²) in [5.74, 6) is -0.114. The fourth-order valence-electron chi connectivity index (χ4n) is 3.29. The fraction of sp³-hybridized carbons (Fsp3) is 0.0526. The molecule has 3 heterocycles. The van der Waals surface area contributed by atoms with E-state index in [0.717, 1.165) is 28.0 Å². The average molecular weight is 329 g/mol. The second-order valence-electron chi connectivity index (χ2n) is 6.08.